The molecule has 2 aromatic rings. The van der Waals surface area contributed by atoms with Crippen LogP contribution in [0.3, 0.4) is 0 Å². The van der Waals surface area contributed by atoms with Crippen LogP contribution in [-0.2, 0) is 14.8 Å². The number of carbonyl (C=O) groups is 1. The Hall–Kier alpha value is -2.19. The number of hydrogen-bond acceptors (Lipinski definition) is 5. The molecule has 1 aromatic carbocycles. The normalized spacial score (nSPS) is 11.8. The molecule has 0 saturated heterocycles. The Labute approximate surface area is 127 Å². The number of nitrogens with one attached hydrogen (secondary N) is 1. The van der Waals surface area contributed by atoms with Gasteiger partial charge in [-0.3, -0.25) is 4.79 Å². The summed E-state index contributed by atoms with van der Waals surface area (Å²) in [5, 5.41) is 0.119. The molecule has 0 aliphatic carbocycles. The Morgan fingerprint density at radius 2 is 2.00 bits per heavy atom. The molecule has 0 saturated carbocycles. The van der Waals surface area contributed by atoms with E-state index in [0.717, 1.165) is 4.31 Å². The molecule has 2 rings (SSSR count). The first kappa shape index (κ1) is 16.2. The van der Waals surface area contributed by atoms with E-state index >= 15 is 0 Å². The van der Waals surface area contributed by atoms with Gasteiger partial charge in [0.25, 0.3) is 0 Å². The lowest BCUT2D eigenvalue weighted by Crippen LogP contribution is -2.23. The predicted molar refractivity (Wildman–Crippen MR) is 81.4 cm³/mol. The maximum Gasteiger partial charge on any atom is 0.343 e. The minimum absolute atomic E-state index is 0.0171. The highest BCUT2D eigenvalue weighted by Gasteiger charge is 2.20. The first-order chi connectivity index (χ1) is 10.3. The van der Waals surface area contributed by atoms with Crippen LogP contribution in [0.1, 0.15) is 17.3 Å². The number of carbonyl (C=O) groups excluding carboxylic acids is 1. The molecule has 1 N–H and O–H groups in total. The molecule has 1 aromatic heterocycles. The van der Waals surface area contributed by atoms with Crippen LogP contribution in [0.15, 0.2) is 34.1 Å². The average Bonchev–Trinajstić information content (AvgIpc) is 2.47. The fourth-order valence-electron chi connectivity index (χ4n) is 1.93. The van der Waals surface area contributed by atoms with E-state index in [1.165, 1.54) is 38.5 Å². The van der Waals surface area contributed by atoms with Crippen molar-refractivity contribution >= 4 is 26.9 Å². The highest BCUT2D eigenvalue weighted by atomic mass is 32.2. The molecule has 0 atom stereocenters. The summed E-state index contributed by atoms with van der Waals surface area (Å²) in [6.45, 7) is 1.78. The molecule has 118 valence electrons. The number of pyridine rings is 1. The van der Waals surface area contributed by atoms with E-state index in [0.29, 0.717) is 5.52 Å². The van der Waals surface area contributed by atoms with Crippen molar-refractivity contribution < 1.29 is 17.9 Å². The van der Waals surface area contributed by atoms with E-state index in [9.17, 15) is 18.0 Å². The Balaban J connectivity index is 2.68. The SMILES string of the molecule is CCOC(=O)c1c[nH]c2ccc(S(=O)(=O)N(C)C)cc2c1=O. The number of ether oxygens (including phenoxy) is 1. The van der Waals surface area contributed by atoms with Gasteiger partial charge in [-0.05, 0) is 25.1 Å². The molecule has 0 unspecified atom stereocenters. The van der Waals surface area contributed by atoms with Crippen molar-refractivity contribution in [3.05, 3.63) is 40.2 Å². The van der Waals surface area contributed by atoms with Crippen LogP contribution < -0.4 is 5.43 Å². The molecule has 7 nitrogen and oxygen atoms in total. The number of aromatic amines is 1. The number of fused-ring (bicyclic) bond motifs is 1. The zero-order valence-corrected chi connectivity index (χ0v) is 13.2. The molecule has 0 amide bonds. The van der Waals surface area contributed by atoms with Gasteiger partial charge < -0.3 is 9.72 Å². The van der Waals surface area contributed by atoms with Gasteiger partial charge in [-0.15, -0.1) is 0 Å². The summed E-state index contributed by atoms with van der Waals surface area (Å²) in [4.78, 5) is 26.9. The highest BCUT2D eigenvalue weighted by Crippen LogP contribution is 2.18. The molecule has 22 heavy (non-hydrogen) atoms. The van der Waals surface area contributed by atoms with Crippen LogP contribution in [0, 0.1) is 0 Å². The zero-order chi connectivity index (χ0) is 16.5. The summed E-state index contributed by atoms with van der Waals surface area (Å²) in [5.41, 5.74) is -0.285. The van der Waals surface area contributed by atoms with Crippen LogP contribution in [0.4, 0.5) is 0 Å². The Morgan fingerprint density at radius 1 is 1.32 bits per heavy atom. The maximum absolute atomic E-state index is 12.4. The topological polar surface area (TPSA) is 96.5 Å². The molecule has 0 aliphatic rings. The van der Waals surface area contributed by atoms with Crippen molar-refractivity contribution in [2.75, 3.05) is 20.7 Å². The number of hydrogen-bond donors (Lipinski definition) is 1. The smallest absolute Gasteiger partial charge is 0.343 e. The minimum atomic E-state index is -3.66. The molecule has 0 bridgehead atoms. The summed E-state index contributed by atoms with van der Waals surface area (Å²) in [5.74, 6) is -0.744. The summed E-state index contributed by atoms with van der Waals surface area (Å²) in [6, 6.07) is 4.14. The minimum Gasteiger partial charge on any atom is -0.462 e. The van der Waals surface area contributed by atoms with Gasteiger partial charge in [0, 0.05) is 31.2 Å². The molecular formula is C14H16N2O5S. The molecule has 0 radical (unpaired) electrons. The van der Waals surface area contributed by atoms with E-state index in [1.807, 2.05) is 0 Å². The van der Waals surface area contributed by atoms with Crippen molar-refractivity contribution in [1.82, 2.24) is 9.29 Å². The molecule has 0 aliphatic heterocycles. The third-order valence-corrected chi connectivity index (χ3v) is 4.94. The van der Waals surface area contributed by atoms with Crippen LogP contribution in [0.25, 0.3) is 10.9 Å². The number of H-pyrrole nitrogens is 1. The van der Waals surface area contributed by atoms with Gasteiger partial charge in [0.1, 0.15) is 5.56 Å². The second kappa shape index (κ2) is 5.90. The van der Waals surface area contributed by atoms with Crippen molar-refractivity contribution in [3.8, 4) is 0 Å². The van der Waals surface area contributed by atoms with Gasteiger partial charge in [0.2, 0.25) is 15.5 Å². The maximum atomic E-state index is 12.4. The Kier molecular flexibility index (Phi) is 4.34. The van der Waals surface area contributed by atoms with Crippen molar-refractivity contribution in [3.63, 3.8) is 0 Å². The van der Waals surface area contributed by atoms with E-state index in [2.05, 4.69) is 4.98 Å². The van der Waals surface area contributed by atoms with E-state index in [-0.39, 0.29) is 22.5 Å². The van der Waals surface area contributed by atoms with Gasteiger partial charge in [-0.25, -0.2) is 17.5 Å². The fraction of sp³-hybridized carbons (Fsp3) is 0.286. The second-order valence-electron chi connectivity index (χ2n) is 4.75. The summed E-state index contributed by atoms with van der Waals surface area (Å²) < 4.78 is 30.1. The van der Waals surface area contributed by atoms with Gasteiger partial charge in [0.05, 0.1) is 11.5 Å². The van der Waals surface area contributed by atoms with Gasteiger partial charge in [-0.1, -0.05) is 0 Å². The third-order valence-electron chi connectivity index (χ3n) is 3.13. The second-order valence-corrected chi connectivity index (χ2v) is 6.90. The molecule has 8 heteroatoms. The van der Waals surface area contributed by atoms with Gasteiger partial charge in [0.15, 0.2) is 0 Å². The number of rotatable bonds is 4. The lowest BCUT2D eigenvalue weighted by molar-refractivity contribution is 0.0524. The standard InChI is InChI=1S/C14H16N2O5S/c1-4-21-14(18)11-8-15-12-6-5-9(7-10(12)13(11)17)22(19,20)16(2)3/h5-8H,4H2,1-3H3,(H,15,17). The zero-order valence-electron chi connectivity index (χ0n) is 12.4. The van der Waals surface area contributed by atoms with Crippen LogP contribution in [-0.4, -0.2) is 44.4 Å². The number of nitrogens with zero attached hydrogens (tertiary/aromatic N) is 1. The molecule has 0 spiro atoms. The van der Waals surface area contributed by atoms with E-state index in [1.54, 1.807) is 6.92 Å². The number of esters is 1. The average molecular weight is 324 g/mol. The van der Waals surface area contributed by atoms with Crippen LogP contribution in [0.2, 0.25) is 0 Å². The molecule has 0 fully saturated rings. The van der Waals surface area contributed by atoms with E-state index in [4.69, 9.17) is 4.74 Å². The number of aromatic nitrogens is 1. The highest BCUT2D eigenvalue weighted by molar-refractivity contribution is 7.89. The van der Waals surface area contributed by atoms with Gasteiger partial charge in [-0.2, -0.15) is 0 Å². The van der Waals surface area contributed by atoms with Crippen LogP contribution in [0.5, 0.6) is 0 Å². The van der Waals surface area contributed by atoms with Crippen LogP contribution >= 0.6 is 0 Å². The van der Waals surface area contributed by atoms with Crippen molar-refractivity contribution in [2.45, 2.75) is 11.8 Å². The van der Waals surface area contributed by atoms with Gasteiger partial charge >= 0.3 is 5.97 Å². The monoisotopic (exact) mass is 324 g/mol. The Bertz CT molecular complexity index is 884. The number of benzene rings is 1. The van der Waals surface area contributed by atoms with E-state index < -0.39 is 21.4 Å². The Morgan fingerprint density at radius 3 is 2.59 bits per heavy atom. The summed E-state index contributed by atoms with van der Waals surface area (Å²) in [7, 11) is -0.861. The summed E-state index contributed by atoms with van der Waals surface area (Å²) in [6.07, 6.45) is 1.27. The first-order valence-electron chi connectivity index (χ1n) is 6.54. The van der Waals surface area contributed by atoms with Crippen molar-refractivity contribution in [1.29, 1.82) is 0 Å². The third kappa shape index (κ3) is 2.75. The lowest BCUT2D eigenvalue weighted by atomic mass is 10.1. The summed E-state index contributed by atoms with van der Waals surface area (Å²) >= 11 is 0. The number of sulfonamides is 1. The fourth-order valence-corrected chi connectivity index (χ4v) is 2.86. The predicted octanol–water partition coefficient (Wildman–Crippen LogP) is 0.955. The quantitative estimate of drug-likeness (QED) is 0.845. The largest absolute Gasteiger partial charge is 0.462 e. The lowest BCUT2D eigenvalue weighted by Gasteiger charge is -2.12. The first-order valence-corrected chi connectivity index (χ1v) is 7.98. The van der Waals surface area contributed by atoms with Crippen molar-refractivity contribution in [2.24, 2.45) is 0 Å². The molecular weight excluding hydrogens is 308 g/mol. The molecule has 1 heterocycles.